The van der Waals surface area contributed by atoms with Gasteiger partial charge in [-0.2, -0.15) is 13.2 Å². The lowest BCUT2D eigenvalue weighted by Gasteiger charge is -2.15. The van der Waals surface area contributed by atoms with Crippen molar-refractivity contribution in [3.63, 3.8) is 0 Å². The van der Waals surface area contributed by atoms with Gasteiger partial charge in [0.15, 0.2) is 6.10 Å². The molecule has 0 aliphatic rings. The lowest BCUT2D eigenvalue weighted by Crippen LogP contribution is -2.30. The molecule has 1 heterocycles. The number of thiazole rings is 1. The van der Waals surface area contributed by atoms with Crippen LogP contribution in [0.5, 0.6) is 0 Å². The van der Waals surface area contributed by atoms with Gasteiger partial charge in [-0.3, -0.25) is 9.59 Å². The number of rotatable bonds is 6. The number of fused-ring (bicyclic) bond motifs is 1. The summed E-state index contributed by atoms with van der Waals surface area (Å²) in [6.45, 7) is 1.33. The molecule has 10 heteroatoms. The fraction of sp³-hybridized carbons (Fsp3) is 0.250. The zero-order valence-electron chi connectivity index (χ0n) is 15.6. The molecule has 1 amide bonds. The fourth-order valence-corrected chi connectivity index (χ4v) is 3.71. The van der Waals surface area contributed by atoms with E-state index in [1.165, 1.54) is 18.3 Å². The van der Waals surface area contributed by atoms with Gasteiger partial charge in [0, 0.05) is 6.42 Å². The number of anilines is 1. The molecular formula is C20H16ClF3N2O3S. The van der Waals surface area contributed by atoms with Crippen molar-refractivity contribution in [1.82, 2.24) is 4.98 Å². The summed E-state index contributed by atoms with van der Waals surface area (Å²) in [4.78, 5) is 28.7. The number of esters is 1. The number of nitrogens with zero attached hydrogens (tertiary/aromatic N) is 1. The first kappa shape index (κ1) is 22.0. The largest absolute Gasteiger partial charge is 0.453 e. The van der Waals surface area contributed by atoms with Gasteiger partial charge in [0.05, 0.1) is 37.9 Å². The normalized spacial score (nSPS) is 12.6. The Kier molecular flexibility index (Phi) is 6.62. The van der Waals surface area contributed by atoms with Crippen LogP contribution in [-0.4, -0.2) is 23.0 Å². The van der Waals surface area contributed by atoms with Crippen molar-refractivity contribution in [2.24, 2.45) is 0 Å². The minimum absolute atomic E-state index is 0.0156. The predicted octanol–water partition coefficient (Wildman–Crippen LogP) is 5.47. The van der Waals surface area contributed by atoms with Crippen LogP contribution in [0, 0.1) is 0 Å². The first-order valence-electron chi connectivity index (χ1n) is 8.85. The Balaban J connectivity index is 1.55. The number of halogens is 4. The van der Waals surface area contributed by atoms with Gasteiger partial charge in [-0.1, -0.05) is 23.7 Å². The molecule has 0 radical (unpaired) electrons. The van der Waals surface area contributed by atoms with Crippen molar-refractivity contribution in [1.29, 1.82) is 0 Å². The van der Waals surface area contributed by atoms with Gasteiger partial charge in [-0.25, -0.2) is 4.98 Å². The van der Waals surface area contributed by atoms with Gasteiger partial charge in [0.2, 0.25) is 0 Å². The maximum absolute atomic E-state index is 12.8. The summed E-state index contributed by atoms with van der Waals surface area (Å²) in [5.74, 6) is -1.41. The SMILES string of the molecule is C[C@H](OC(=O)CCc1nc2ccccc2s1)C(=O)Nc1cc(C(F)(F)F)ccc1Cl. The number of ether oxygens (including phenoxy) is 1. The molecule has 3 rings (SSSR count). The maximum atomic E-state index is 12.8. The standard InChI is InChI=1S/C20H16ClF3N2O3S/c1-11(19(28)26-15-10-12(20(22,23)24)6-7-13(15)21)29-18(27)9-8-17-25-14-4-2-3-5-16(14)30-17/h2-7,10-11H,8-9H2,1H3,(H,26,28)/t11-/m0/s1. The molecule has 2 aromatic carbocycles. The summed E-state index contributed by atoms with van der Waals surface area (Å²) in [6, 6.07) is 10.1. The van der Waals surface area contributed by atoms with Gasteiger partial charge in [0.1, 0.15) is 0 Å². The number of carbonyl (C=O) groups is 2. The third-order valence-corrected chi connectivity index (χ3v) is 5.54. The molecule has 0 aliphatic heterocycles. The molecule has 158 valence electrons. The topological polar surface area (TPSA) is 68.3 Å². The van der Waals surface area contributed by atoms with E-state index in [1.807, 2.05) is 24.3 Å². The number of carbonyl (C=O) groups excluding carboxylic acids is 2. The number of aromatic nitrogens is 1. The Morgan fingerprint density at radius 1 is 1.23 bits per heavy atom. The van der Waals surface area contributed by atoms with Gasteiger partial charge in [0.25, 0.3) is 5.91 Å². The molecule has 0 fully saturated rings. The van der Waals surface area contributed by atoms with E-state index in [2.05, 4.69) is 10.3 Å². The van der Waals surface area contributed by atoms with Crippen LogP contribution in [0.1, 0.15) is 23.9 Å². The molecule has 0 bridgehead atoms. The van der Waals surface area contributed by atoms with Crippen LogP contribution < -0.4 is 5.32 Å². The summed E-state index contributed by atoms with van der Waals surface area (Å²) in [5, 5.41) is 2.96. The van der Waals surface area contributed by atoms with Gasteiger partial charge in [-0.05, 0) is 37.3 Å². The van der Waals surface area contributed by atoms with Crippen molar-refractivity contribution in [3.05, 3.63) is 58.1 Å². The first-order valence-corrected chi connectivity index (χ1v) is 10.0. The summed E-state index contributed by atoms with van der Waals surface area (Å²) >= 11 is 7.32. The number of hydrogen-bond acceptors (Lipinski definition) is 5. The molecule has 1 atom stereocenters. The summed E-state index contributed by atoms with van der Waals surface area (Å²) in [5.41, 5.74) is -0.326. The summed E-state index contributed by atoms with van der Waals surface area (Å²) in [7, 11) is 0. The number of amides is 1. The third-order valence-electron chi connectivity index (χ3n) is 4.11. The number of benzene rings is 2. The Morgan fingerprint density at radius 3 is 2.67 bits per heavy atom. The highest BCUT2D eigenvalue weighted by Gasteiger charge is 2.31. The predicted molar refractivity (Wildman–Crippen MR) is 109 cm³/mol. The Bertz CT molecular complexity index is 1050. The molecule has 1 N–H and O–H groups in total. The minimum Gasteiger partial charge on any atom is -0.453 e. The average molecular weight is 457 g/mol. The average Bonchev–Trinajstić information content (AvgIpc) is 3.10. The molecule has 0 saturated heterocycles. The minimum atomic E-state index is -4.58. The van der Waals surface area contributed by atoms with E-state index in [0.29, 0.717) is 6.42 Å². The van der Waals surface area contributed by atoms with Crippen molar-refractivity contribution in [2.75, 3.05) is 5.32 Å². The van der Waals surface area contributed by atoms with Gasteiger partial charge >= 0.3 is 12.1 Å². The van der Waals surface area contributed by atoms with E-state index in [4.69, 9.17) is 16.3 Å². The first-order chi connectivity index (χ1) is 14.1. The van der Waals surface area contributed by atoms with Gasteiger partial charge < -0.3 is 10.1 Å². The highest BCUT2D eigenvalue weighted by molar-refractivity contribution is 7.18. The second kappa shape index (κ2) is 9.01. The summed E-state index contributed by atoms with van der Waals surface area (Å²) in [6.07, 6.45) is -5.42. The third kappa shape index (κ3) is 5.48. The highest BCUT2D eigenvalue weighted by atomic mass is 35.5. The molecular weight excluding hydrogens is 441 g/mol. The lowest BCUT2D eigenvalue weighted by atomic mass is 10.2. The molecule has 30 heavy (non-hydrogen) atoms. The van der Waals surface area contributed by atoms with Crippen LogP contribution >= 0.6 is 22.9 Å². The van der Waals surface area contributed by atoms with Gasteiger partial charge in [-0.15, -0.1) is 11.3 Å². The van der Waals surface area contributed by atoms with E-state index in [1.54, 1.807) is 0 Å². The highest BCUT2D eigenvalue weighted by Crippen LogP contribution is 2.34. The molecule has 3 aromatic rings. The van der Waals surface area contributed by atoms with E-state index in [0.717, 1.165) is 33.4 Å². The lowest BCUT2D eigenvalue weighted by molar-refractivity contribution is -0.153. The molecule has 1 aromatic heterocycles. The number of para-hydroxylation sites is 1. The summed E-state index contributed by atoms with van der Waals surface area (Å²) < 4.78 is 44.6. The Morgan fingerprint density at radius 2 is 1.97 bits per heavy atom. The number of hydrogen-bond donors (Lipinski definition) is 1. The number of alkyl halides is 3. The van der Waals surface area contributed by atoms with E-state index >= 15 is 0 Å². The molecule has 0 saturated carbocycles. The van der Waals surface area contributed by atoms with E-state index < -0.39 is 29.7 Å². The molecule has 5 nitrogen and oxygen atoms in total. The Labute approximate surface area is 178 Å². The van der Waals surface area contributed by atoms with Crippen molar-refractivity contribution < 1.29 is 27.5 Å². The Hall–Kier alpha value is -2.65. The van der Waals surface area contributed by atoms with Crippen LogP contribution in [0.4, 0.5) is 18.9 Å². The number of aryl methyl sites for hydroxylation is 1. The molecule has 0 unspecified atom stereocenters. The monoisotopic (exact) mass is 456 g/mol. The van der Waals surface area contributed by atoms with Crippen molar-refractivity contribution in [2.45, 2.75) is 32.0 Å². The van der Waals surface area contributed by atoms with Crippen molar-refractivity contribution >= 4 is 50.7 Å². The molecule has 0 aliphatic carbocycles. The molecule has 0 spiro atoms. The van der Waals surface area contributed by atoms with Crippen LogP contribution in [0.25, 0.3) is 10.2 Å². The van der Waals surface area contributed by atoms with Crippen molar-refractivity contribution in [3.8, 4) is 0 Å². The van der Waals surface area contributed by atoms with Crippen LogP contribution in [0.15, 0.2) is 42.5 Å². The zero-order chi connectivity index (χ0) is 21.9. The fourth-order valence-electron chi connectivity index (χ4n) is 2.58. The second-order valence-electron chi connectivity index (χ2n) is 6.39. The second-order valence-corrected chi connectivity index (χ2v) is 7.91. The van der Waals surface area contributed by atoms with E-state index in [9.17, 15) is 22.8 Å². The maximum Gasteiger partial charge on any atom is 0.416 e. The quantitative estimate of drug-likeness (QED) is 0.499. The van der Waals surface area contributed by atoms with Crippen LogP contribution in [0.2, 0.25) is 5.02 Å². The van der Waals surface area contributed by atoms with Crippen LogP contribution in [-0.2, 0) is 26.9 Å². The smallest absolute Gasteiger partial charge is 0.416 e. The van der Waals surface area contributed by atoms with Crippen LogP contribution in [0.3, 0.4) is 0 Å². The van der Waals surface area contributed by atoms with E-state index in [-0.39, 0.29) is 17.1 Å². The number of nitrogens with one attached hydrogen (secondary N) is 1. The zero-order valence-corrected chi connectivity index (χ0v) is 17.2.